The molecule has 0 spiro atoms. The van der Waals surface area contributed by atoms with Gasteiger partial charge in [-0.2, -0.15) is 5.26 Å². The summed E-state index contributed by atoms with van der Waals surface area (Å²) in [6, 6.07) is 75.0. The van der Waals surface area contributed by atoms with Gasteiger partial charge in [0.05, 0.1) is 79.0 Å². The second-order valence-electron chi connectivity index (χ2n) is 17.0. The standard InChI is InChI=1S/C60H34N6/c1-62-55-57(63-48-27-11-4-20-39(48)40-21-5-12-28-49(40)63)47(36-61)58(64-50-29-13-6-22-41(50)42-23-7-14-30-51(42)64)60(59(55)65-52-31-15-8-24-43(52)44-25-9-16-32-53(44)65)66-54-33-17-10-26-45(54)46-35-34-37-18-2-3-19-38(37)56(46)66/h2-35H. The van der Waals surface area contributed by atoms with Crippen molar-refractivity contribution in [3.05, 3.63) is 223 Å². The number of rotatable bonds is 4. The van der Waals surface area contributed by atoms with Crippen LogP contribution in [0.5, 0.6) is 0 Å². The molecule has 0 saturated carbocycles. The first-order valence-electron chi connectivity index (χ1n) is 22.1. The minimum Gasteiger partial charge on any atom is -0.318 e. The van der Waals surface area contributed by atoms with E-state index < -0.39 is 0 Å². The topological polar surface area (TPSA) is 47.9 Å². The number of nitrogens with zero attached hydrogens (tertiary/aromatic N) is 6. The summed E-state index contributed by atoms with van der Waals surface area (Å²) in [5, 5.41) is 23.0. The molecule has 0 unspecified atom stereocenters. The lowest BCUT2D eigenvalue weighted by molar-refractivity contribution is 1.03. The molecule has 0 saturated heterocycles. The Labute approximate surface area is 377 Å². The SMILES string of the molecule is [C-]#[N+]c1c(-n2c3ccccc3c3ccccc32)c(C#N)c(-n2c3ccccc3c3ccccc32)c(-n2c3ccccc3c3ccc4ccccc4c32)c1-n1c2ccccc2c2ccccc21. The Morgan fingerprint density at radius 2 is 0.652 bits per heavy atom. The summed E-state index contributed by atoms with van der Waals surface area (Å²) in [5.41, 5.74) is 11.0. The van der Waals surface area contributed by atoms with E-state index in [4.69, 9.17) is 4.85 Å². The second-order valence-corrected chi connectivity index (χ2v) is 17.0. The third-order valence-corrected chi connectivity index (χ3v) is 13.8. The van der Waals surface area contributed by atoms with Crippen LogP contribution in [0.4, 0.5) is 5.69 Å². The van der Waals surface area contributed by atoms with Crippen LogP contribution in [0.15, 0.2) is 206 Å². The molecule has 4 aromatic heterocycles. The number of hydrogen-bond acceptors (Lipinski definition) is 1. The summed E-state index contributed by atoms with van der Waals surface area (Å²) in [4.78, 5) is 4.69. The van der Waals surface area contributed by atoms with Crippen LogP contribution in [0.2, 0.25) is 0 Å². The quantitative estimate of drug-likeness (QED) is 0.163. The third kappa shape index (κ3) is 4.66. The molecule has 0 atom stereocenters. The van der Waals surface area contributed by atoms with Crippen LogP contribution >= 0.6 is 0 Å². The second kappa shape index (κ2) is 13.6. The predicted octanol–water partition coefficient (Wildman–Crippen LogP) is 15.7. The Balaban J connectivity index is 1.36. The highest BCUT2D eigenvalue weighted by Gasteiger charge is 2.34. The average Bonchev–Trinajstić information content (AvgIpc) is 4.11. The van der Waals surface area contributed by atoms with Gasteiger partial charge >= 0.3 is 0 Å². The van der Waals surface area contributed by atoms with Crippen molar-refractivity contribution in [3.63, 3.8) is 0 Å². The smallest absolute Gasteiger partial charge is 0.237 e. The van der Waals surface area contributed by atoms with Crippen molar-refractivity contribution in [2.24, 2.45) is 0 Å². The normalized spacial score (nSPS) is 11.9. The Morgan fingerprint density at radius 3 is 1.06 bits per heavy atom. The summed E-state index contributed by atoms with van der Waals surface area (Å²) < 4.78 is 9.15. The number of hydrogen-bond donors (Lipinski definition) is 0. The first kappa shape index (κ1) is 36.2. The van der Waals surface area contributed by atoms with Crippen molar-refractivity contribution in [1.82, 2.24) is 18.3 Å². The van der Waals surface area contributed by atoms with Gasteiger partial charge in [0.15, 0.2) is 0 Å². The van der Waals surface area contributed by atoms with Crippen LogP contribution in [0.1, 0.15) is 5.56 Å². The lowest BCUT2D eigenvalue weighted by atomic mass is 10.0. The summed E-state index contributed by atoms with van der Waals surface area (Å²) in [6.07, 6.45) is 0. The summed E-state index contributed by atoms with van der Waals surface area (Å²) >= 11 is 0. The van der Waals surface area contributed by atoms with E-state index in [0.29, 0.717) is 28.3 Å². The van der Waals surface area contributed by atoms with Gasteiger partial charge in [-0.05, 0) is 47.9 Å². The molecule has 4 heterocycles. The Hall–Kier alpha value is -9.36. The van der Waals surface area contributed by atoms with Crippen LogP contribution in [0, 0.1) is 17.9 Å². The summed E-state index contributed by atoms with van der Waals surface area (Å²) in [6.45, 7) is 9.59. The van der Waals surface area contributed by atoms with Gasteiger partial charge in [0.25, 0.3) is 0 Å². The van der Waals surface area contributed by atoms with Crippen LogP contribution < -0.4 is 0 Å². The number of para-hydroxylation sites is 7. The molecular formula is C60H34N6. The molecule has 14 rings (SSSR count). The first-order chi connectivity index (χ1) is 32.7. The molecule has 0 aliphatic heterocycles. The summed E-state index contributed by atoms with van der Waals surface area (Å²) in [7, 11) is 0. The molecule has 0 bridgehead atoms. The maximum atomic E-state index is 12.3. The summed E-state index contributed by atoms with van der Waals surface area (Å²) in [5.74, 6) is 0. The van der Waals surface area contributed by atoms with Crippen molar-refractivity contribution in [1.29, 1.82) is 5.26 Å². The largest absolute Gasteiger partial charge is 0.318 e. The van der Waals surface area contributed by atoms with E-state index in [-0.39, 0.29) is 0 Å². The molecule has 0 amide bonds. The Bertz CT molecular complexity index is 4190. The zero-order chi connectivity index (χ0) is 43.6. The molecule has 0 fully saturated rings. The van der Waals surface area contributed by atoms with Gasteiger partial charge in [0.1, 0.15) is 6.07 Å². The monoisotopic (exact) mass is 838 g/mol. The molecule has 0 aliphatic rings. The van der Waals surface area contributed by atoms with Gasteiger partial charge in [0, 0.05) is 48.5 Å². The maximum Gasteiger partial charge on any atom is 0.237 e. The molecule has 304 valence electrons. The van der Waals surface area contributed by atoms with E-state index in [1.807, 2.05) is 12.1 Å². The molecule has 10 aromatic carbocycles. The number of fused-ring (bicyclic) bond motifs is 14. The maximum absolute atomic E-state index is 12.3. The fraction of sp³-hybridized carbons (Fsp3) is 0. The third-order valence-electron chi connectivity index (χ3n) is 13.8. The molecular weight excluding hydrogens is 805 g/mol. The van der Waals surface area contributed by atoms with Crippen molar-refractivity contribution >= 4 is 104 Å². The zero-order valence-corrected chi connectivity index (χ0v) is 35.3. The van der Waals surface area contributed by atoms with Crippen molar-refractivity contribution in [2.45, 2.75) is 0 Å². The van der Waals surface area contributed by atoms with Crippen LogP contribution in [-0.2, 0) is 0 Å². The molecule has 6 nitrogen and oxygen atoms in total. The van der Waals surface area contributed by atoms with Gasteiger partial charge in [-0.25, -0.2) is 4.85 Å². The molecule has 6 heteroatoms. The lowest BCUT2D eigenvalue weighted by Crippen LogP contribution is -2.14. The minimum atomic E-state index is 0.371. The van der Waals surface area contributed by atoms with E-state index in [2.05, 4.69) is 218 Å². The van der Waals surface area contributed by atoms with E-state index in [1.165, 1.54) is 0 Å². The number of aromatic nitrogens is 4. The molecule has 66 heavy (non-hydrogen) atoms. The Kier molecular flexibility index (Phi) is 7.43. The van der Waals surface area contributed by atoms with Gasteiger partial charge in [-0.15, -0.1) is 0 Å². The highest BCUT2D eigenvalue weighted by atomic mass is 15.1. The number of nitriles is 1. The molecule has 0 radical (unpaired) electrons. The van der Waals surface area contributed by atoms with Crippen LogP contribution in [-0.4, -0.2) is 18.3 Å². The minimum absolute atomic E-state index is 0.371. The van der Waals surface area contributed by atoms with Gasteiger partial charge in [-0.1, -0.05) is 164 Å². The van der Waals surface area contributed by atoms with Gasteiger partial charge in [-0.3, -0.25) is 0 Å². The highest BCUT2D eigenvalue weighted by molar-refractivity contribution is 6.21. The fourth-order valence-corrected chi connectivity index (χ4v) is 11.2. The number of benzene rings is 10. The fourth-order valence-electron chi connectivity index (χ4n) is 11.2. The first-order valence-corrected chi connectivity index (χ1v) is 22.1. The van der Waals surface area contributed by atoms with E-state index in [0.717, 1.165) is 104 Å². The highest BCUT2D eigenvalue weighted by Crippen LogP contribution is 2.52. The lowest BCUT2D eigenvalue weighted by Gasteiger charge is -2.27. The van der Waals surface area contributed by atoms with Crippen LogP contribution in [0.3, 0.4) is 0 Å². The van der Waals surface area contributed by atoms with Gasteiger partial charge < -0.3 is 18.3 Å². The van der Waals surface area contributed by atoms with Crippen LogP contribution in [0.25, 0.3) is 126 Å². The zero-order valence-electron chi connectivity index (χ0n) is 35.3. The molecule has 14 aromatic rings. The molecule has 0 aliphatic carbocycles. The molecule has 0 N–H and O–H groups in total. The predicted molar refractivity (Wildman–Crippen MR) is 272 cm³/mol. The van der Waals surface area contributed by atoms with Crippen molar-refractivity contribution < 1.29 is 0 Å². The van der Waals surface area contributed by atoms with E-state index in [1.54, 1.807) is 0 Å². The Morgan fingerprint density at radius 1 is 0.318 bits per heavy atom. The van der Waals surface area contributed by atoms with Gasteiger partial charge in [0.2, 0.25) is 5.69 Å². The average molecular weight is 839 g/mol. The van der Waals surface area contributed by atoms with Crippen molar-refractivity contribution in [3.8, 4) is 28.8 Å². The van der Waals surface area contributed by atoms with E-state index in [9.17, 15) is 11.8 Å². The van der Waals surface area contributed by atoms with Crippen molar-refractivity contribution in [2.75, 3.05) is 0 Å². The van der Waals surface area contributed by atoms with E-state index >= 15 is 0 Å².